The van der Waals surface area contributed by atoms with Crippen molar-refractivity contribution in [1.29, 1.82) is 0 Å². The van der Waals surface area contributed by atoms with Gasteiger partial charge >= 0.3 is 11.5 Å². The summed E-state index contributed by atoms with van der Waals surface area (Å²) >= 11 is 0. The standard InChI is InChI=1S/C15H11F3N2O5S/c1-7-9(14(21)24-2)6-12(25-7)13-19-10-4-3-8(5-11(10)20-13)26(22,23)15(16,17)18/h3-6H,1-2H3,(H,19,20). The Kier molecular flexibility index (Phi) is 4.06. The SMILES string of the molecule is COC(=O)c1cc(-c2nc3ccc(S(=O)(=O)C(F)(F)F)cc3[nH]2)oc1C. The van der Waals surface area contributed by atoms with Crippen LogP contribution in [0.3, 0.4) is 0 Å². The van der Waals surface area contributed by atoms with Gasteiger partial charge in [0.25, 0.3) is 9.84 Å². The van der Waals surface area contributed by atoms with Gasteiger partial charge in [-0.15, -0.1) is 0 Å². The van der Waals surface area contributed by atoms with Crippen LogP contribution in [0.1, 0.15) is 16.1 Å². The summed E-state index contributed by atoms with van der Waals surface area (Å²) in [4.78, 5) is 17.5. The molecule has 0 saturated heterocycles. The van der Waals surface area contributed by atoms with Gasteiger partial charge in [-0.05, 0) is 25.1 Å². The van der Waals surface area contributed by atoms with E-state index in [4.69, 9.17) is 4.42 Å². The molecule has 0 atom stereocenters. The number of nitrogens with one attached hydrogen (secondary N) is 1. The first-order valence-corrected chi connectivity index (χ1v) is 8.53. The van der Waals surface area contributed by atoms with Crippen LogP contribution in [0, 0.1) is 6.92 Å². The van der Waals surface area contributed by atoms with Gasteiger partial charge in [0, 0.05) is 6.07 Å². The second kappa shape index (κ2) is 5.87. The molecule has 1 aromatic carbocycles. The van der Waals surface area contributed by atoms with Crippen LogP contribution in [0.5, 0.6) is 0 Å². The third-order valence-corrected chi connectivity index (χ3v) is 5.11. The fourth-order valence-corrected chi connectivity index (χ4v) is 3.11. The van der Waals surface area contributed by atoms with Gasteiger partial charge in [0.05, 0.1) is 23.0 Å². The Labute approximate surface area is 144 Å². The fourth-order valence-electron chi connectivity index (χ4n) is 2.32. The molecule has 0 saturated carbocycles. The quantitative estimate of drug-likeness (QED) is 0.691. The van der Waals surface area contributed by atoms with Gasteiger partial charge in [-0.1, -0.05) is 0 Å². The van der Waals surface area contributed by atoms with Crippen molar-refractivity contribution in [3.05, 3.63) is 35.6 Å². The van der Waals surface area contributed by atoms with Crippen LogP contribution >= 0.6 is 0 Å². The lowest BCUT2D eigenvalue weighted by atomic mass is 10.2. The van der Waals surface area contributed by atoms with E-state index in [1.807, 2.05) is 0 Å². The monoisotopic (exact) mass is 388 g/mol. The molecule has 7 nitrogen and oxygen atoms in total. The zero-order chi connectivity index (χ0) is 19.3. The van der Waals surface area contributed by atoms with E-state index < -0.39 is 26.2 Å². The molecule has 0 aliphatic heterocycles. The molecule has 0 aliphatic carbocycles. The van der Waals surface area contributed by atoms with Crippen LogP contribution < -0.4 is 0 Å². The number of hydrogen-bond donors (Lipinski definition) is 1. The van der Waals surface area contributed by atoms with Gasteiger partial charge in [0.1, 0.15) is 11.3 Å². The summed E-state index contributed by atoms with van der Waals surface area (Å²) in [5, 5.41) is 0. The molecule has 0 spiro atoms. The molecule has 0 amide bonds. The molecule has 0 bridgehead atoms. The lowest BCUT2D eigenvalue weighted by Gasteiger charge is -2.07. The van der Waals surface area contributed by atoms with Gasteiger partial charge in [0.15, 0.2) is 11.6 Å². The van der Waals surface area contributed by atoms with Crippen molar-refractivity contribution in [2.45, 2.75) is 17.3 Å². The summed E-state index contributed by atoms with van der Waals surface area (Å²) in [6.45, 7) is 1.53. The average molecular weight is 388 g/mol. The summed E-state index contributed by atoms with van der Waals surface area (Å²) in [5.74, 6) is -0.0704. The molecule has 0 radical (unpaired) electrons. The number of fused-ring (bicyclic) bond motifs is 1. The number of sulfone groups is 1. The van der Waals surface area contributed by atoms with Gasteiger partial charge in [0.2, 0.25) is 0 Å². The van der Waals surface area contributed by atoms with E-state index in [1.165, 1.54) is 20.1 Å². The molecule has 26 heavy (non-hydrogen) atoms. The number of aryl methyl sites for hydroxylation is 1. The van der Waals surface area contributed by atoms with E-state index >= 15 is 0 Å². The lowest BCUT2D eigenvalue weighted by Crippen LogP contribution is -2.23. The molecule has 1 N–H and O–H groups in total. The van der Waals surface area contributed by atoms with Crippen molar-refractivity contribution in [1.82, 2.24) is 9.97 Å². The van der Waals surface area contributed by atoms with Gasteiger partial charge < -0.3 is 14.1 Å². The molecular weight excluding hydrogens is 377 g/mol. The molecule has 2 heterocycles. The summed E-state index contributed by atoms with van der Waals surface area (Å²) in [6, 6.07) is 4.17. The maximum atomic E-state index is 12.7. The van der Waals surface area contributed by atoms with Crippen molar-refractivity contribution in [3.8, 4) is 11.6 Å². The van der Waals surface area contributed by atoms with Crippen LogP contribution in [-0.2, 0) is 14.6 Å². The number of furan rings is 1. The number of H-pyrrole nitrogens is 1. The number of aromatic amines is 1. The molecule has 2 aromatic heterocycles. The second-order valence-electron chi connectivity index (χ2n) is 5.29. The van der Waals surface area contributed by atoms with Crippen molar-refractivity contribution in [2.24, 2.45) is 0 Å². The minimum Gasteiger partial charge on any atom is -0.465 e. The third kappa shape index (κ3) is 2.83. The normalized spacial score (nSPS) is 12.5. The first-order chi connectivity index (χ1) is 12.0. The Balaban J connectivity index is 2.08. The molecule has 3 rings (SSSR count). The average Bonchev–Trinajstić information content (AvgIpc) is 3.15. The van der Waals surface area contributed by atoms with Crippen molar-refractivity contribution >= 4 is 26.8 Å². The lowest BCUT2D eigenvalue weighted by molar-refractivity contribution is -0.0436. The minimum atomic E-state index is -5.47. The molecule has 0 fully saturated rings. The molecule has 3 aromatic rings. The number of carbonyl (C=O) groups excluding carboxylic acids is 1. The topological polar surface area (TPSA) is 102 Å². The van der Waals surface area contributed by atoms with E-state index in [0.29, 0.717) is 0 Å². The van der Waals surface area contributed by atoms with E-state index in [0.717, 1.165) is 18.2 Å². The Morgan fingerprint density at radius 3 is 2.58 bits per heavy atom. The predicted molar refractivity (Wildman–Crippen MR) is 83.1 cm³/mol. The molecular formula is C15H11F3N2O5S. The number of benzene rings is 1. The highest BCUT2D eigenvalue weighted by Gasteiger charge is 2.47. The number of rotatable bonds is 3. The predicted octanol–water partition coefficient (Wildman–Crippen LogP) is 3.21. The molecule has 138 valence electrons. The van der Waals surface area contributed by atoms with Crippen LogP contribution in [-0.4, -0.2) is 37.0 Å². The zero-order valence-electron chi connectivity index (χ0n) is 13.3. The number of halogens is 3. The largest absolute Gasteiger partial charge is 0.501 e. The van der Waals surface area contributed by atoms with Crippen LogP contribution in [0.25, 0.3) is 22.6 Å². The maximum Gasteiger partial charge on any atom is 0.501 e. The Hall–Kier alpha value is -2.82. The number of methoxy groups -OCH3 is 1. The van der Waals surface area contributed by atoms with Crippen LogP contribution in [0.2, 0.25) is 0 Å². The fraction of sp³-hybridized carbons (Fsp3) is 0.200. The minimum absolute atomic E-state index is 0.0685. The van der Waals surface area contributed by atoms with Crippen molar-refractivity contribution in [2.75, 3.05) is 7.11 Å². The highest BCUT2D eigenvalue weighted by Crippen LogP contribution is 2.32. The number of aromatic nitrogens is 2. The van der Waals surface area contributed by atoms with Crippen LogP contribution in [0.15, 0.2) is 33.6 Å². The van der Waals surface area contributed by atoms with E-state index in [1.54, 1.807) is 0 Å². The first-order valence-electron chi connectivity index (χ1n) is 7.05. The first kappa shape index (κ1) is 18.0. The van der Waals surface area contributed by atoms with Crippen molar-refractivity contribution in [3.63, 3.8) is 0 Å². The number of ether oxygens (including phenoxy) is 1. The highest BCUT2D eigenvalue weighted by atomic mass is 32.2. The summed E-state index contributed by atoms with van der Waals surface area (Å²) in [5.41, 5.74) is -4.94. The van der Waals surface area contributed by atoms with Crippen LogP contribution in [0.4, 0.5) is 13.2 Å². The summed E-state index contributed by atoms with van der Waals surface area (Å²) in [6.07, 6.45) is 0. The number of carbonyl (C=O) groups is 1. The number of alkyl halides is 3. The van der Waals surface area contributed by atoms with E-state index in [-0.39, 0.29) is 33.9 Å². The number of imidazole rings is 1. The Morgan fingerprint density at radius 2 is 1.96 bits per heavy atom. The Bertz CT molecular complexity index is 1110. The summed E-state index contributed by atoms with van der Waals surface area (Å²) < 4.78 is 71.0. The summed E-state index contributed by atoms with van der Waals surface area (Å²) in [7, 11) is -4.27. The molecule has 11 heteroatoms. The van der Waals surface area contributed by atoms with E-state index in [2.05, 4.69) is 14.7 Å². The Morgan fingerprint density at radius 1 is 1.27 bits per heavy atom. The second-order valence-corrected chi connectivity index (χ2v) is 7.23. The van der Waals surface area contributed by atoms with Gasteiger partial charge in [-0.3, -0.25) is 0 Å². The third-order valence-electron chi connectivity index (χ3n) is 3.62. The number of esters is 1. The molecule has 0 unspecified atom stereocenters. The number of nitrogens with zero attached hydrogens (tertiary/aromatic N) is 1. The van der Waals surface area contributed by atoms with Gasteiger partial charge in [-0.25, -0.2) is 18.2 Å². The number of hydrogen-bond acceptors (Lipinski definition) is 6. The van der Waals surface area contributed by atoms with Crippen molar-refractivity contribution < 1.29 is 35.5 Å². The highest BCUT2D eigenvalue weighted by molar-refractivity contribution is 7.92. The maximum absolute atomic E-state index is 12.7. The molecule has 0 aliphatic rings. The smallest absolute Gasteiger partial charge is 0.465 e. The van der Waals surface area contributed by atoms with Gasteiger partial charge in [-0.2, -0.15) is 13.2 Å². The van der Waals surface area contributed by atoms with E-state index in [9.17, 15) is 26.4 Å². The zero-order valence-corrected chi connectivity index (χ0v) is 14.2.